The highest BCUT2D eigenvalue weighted by Gasteiger charge is 2.28. The monoisotopic (exact) mass is 316 g/mol. The largest absolute Gasteiger partial charge is 0.497 e. The second-order valence-electron chi connectivity index (χ2n) is 5.18. The fraction of sp³-hybridized carbons (Fsp3) is 0.312. The van der Waals surface area contributed by atoms with Gasteiger partial charge in [0.05, 0.1) is 7.11 Å². The Bertz CT molecular complexity index is 725. The van der Waals surface area contributed by atoms with Crippen LogP contribution in [0.2, 0.25) is 0 Å². The Hall–Kier alpha value is -2.83. The van der Waals surface area contributed by atoms with E-state index in [4.69, 9.17) is 14.0 Å². The summed E-state index contributed by atoms with van der Waals surface area (Å²) in [5, 5.41) is 6.44. The number of carbonyl (C=O) groups excluding carboxylic acids is 2. The van der Waals surface area contributed by atoms with Crippen LogP contribution in [-0.4, -0.2) is 30.2 Å². The van der Waals surface area contributed by atoms with Gasteiger partial charge in [-0.2, -0.15) is 0 Å². The maximum Gasteiger partial charge on any atom is 0.329 e. The summed E-state index contributed by atoms with van der Waals surface area (Å²) in [6.45, 7) is -0.00132. The molecule has 0 radical (unpaired) electrons. The summed E-state index contributed by atoms with van der Waals surface area (Å²) >= 11 is 0. The van der Waals surface area contributed by atoms with Crippen LogP contribution in [-0.2, 0) is 20.9 Å². The molecule has 7 nitrogen and oxygen atoms in total. The van der Waals surface area contributed by atoms with Crippen LogP contribution >= 0.6 is 0 Å². The highest BCUT2D eigenvalue weighted by atomic mass is 16.5. The summed E-state index contributed by atoms with van der Waals surface area (Å²) < 4.78 is 15.6. The van der Waals surface area contributed by atoms with Crippen LogP contribution in [0.4, 0.5) is 0 Å². The predicted octanol–water partition coefficient (Wildman–Crippen LogP) is 1.67. The highest BCUT2D eigenvalue weighted by Crippen LogP contribution is 2.24. The molecule has 1 N–H and O–H groups in total. The Kier molecular flexibility index (Phi) is 4.27. The molecule has 1 saturated heterocycles. The lowest BCUT2D eigenvalue weighted by atomic mass is 10.1. The van der Waals surface area contributed by atoms with E-state index in [1.165, 1.54) is 0 Å². The fourth-order valence-corrected chi connectivity index (χ4v) is 2.33. The van der Waals surface area contributed by atoms with E-state index in [-0.39, 0.29) is 12.5 Å². The molecule has 0 bridgehead atoms. The second kappa shape index (κ2) is 6.51. The van der Waals surface area contributed by atoms with Crippen molar-refractivity contribution in [3.05, 3.63) is 36.0 Å². The van der Waals surface area contributed by atoms with Crippen LogP contribution < -0.4 is 10.1 Å². The quantitative estimate of drug-likeness (QED) is 0.844. The maximum absolute atomic E-state index is 11.8. The van der Waals surface area contributed by atoms with Gasteiger partial charge in [-0.05, 0) is 18.6 Å². The first-order chi connectivity index (χ1) is 11.2. The van der Waals surface area contributed by atoms with Crippen molar-refractivity contribution in [3.8, 4) is 17.1 Å². The lowest BCUT2D eigenvalue weighted by molar-refractivity contribution is -0.147. The molecule has 120 valence electrons. The van der Waals surface area contributed by atoms with E-state index in [9.17, 15) is 9.59 Å². The van der Waals surface area contributed by atoms with Crippen molar-refractivity contribution < 1.29 is 23.6 Å². The summed E-state index contributed by atoms with van der Waals surface area (Å²) in [7, 11) is 1.59. The van der Waals surface area contributed by atoms with Gasteiger partial charge in [0.2, 0.25) is 5.91 Å². The first kappa shape index (κ1) is 15.1. The minimum absolute atomic E-state index is 0.00132. The molecule has 3 rings (SSSR count). The molecule has 2 heterocycles. The van der Waals surface area contributed by atoms with Gasteiger partial charge in [0.1, 0.15) is 24.1 Å². The molecule has 0 spiro atoms. The Morgan fingerprint density at radius 1 is 1.43 bits per heavy atom. The molecular weight excluding hydrogens is 300 g/mol. The van der Waals surface area contributed by atoms with Crippen molar-refractivity contribution >= 4 is 11.9 Å². The molecule has 1 unspecified atom stereocenters. The number of esters is 1. The number of methoxy groups -OCH3 is 1. The summed E-state index contributed by atoms with van der Waals surface area (Å²) in [4.78, 5) is 22.9. The molecule has 1 aromatic carbocycles. The van der Waals surface area contributed by atoms with E-state index >= 15 is 0 Å². The topological polar surface area (TPSA) is 90.7 Å². The van der Waals surface area contributed by atoms with Crippen molar-refractivity contribution in [3.63, 3.8) is 0 Å². The summed E-state index contributed by atoms with van der Waals surface area (Å²) in [6, 6.07) is 8.51. The van der Waals surface area contributed by atoms with E-state index in [1.54, 1.807) is 13.2 Å². The molecule has 1 aliphatic rings. The minimum Gasteiger partial charge on any atom is -0.497 e. The van der Waals surface area contributed by atoms with Crippen LogP contribution in [0.1, 0.15) is 18.5 Å². The molecule has 7 heteroatoms. The van der Waals surface area contributed by atoms with Gasteiger partial charge in [-0.15, -0.1) is 0 Å². The lowest BCUT2D eigenvalue weighted by Gasteiger charge is -2.08. The highest BCUT2D eigenvalue weighted by molar-refractivity contribution is 5.88. The predicted molar refractivity (Wildman–Crippen MR) is 79.5 cm³/mol. The second-order valence-corrected chi connectivity index (χ2v) is 5.18. The number of nitrogens with zero attached hydrogens (tertiary/aromatic N) is 1. The van der Waals surface area contributed by atoms with Crippen molar-refractivity contribution in [2.24, 2.45) is 0 Å². The maximum atomic E-state index is 11.8. The standard InChI is InChI=1S/C16H16N2O5/c1-21-12-4-2-3-10(7-12)14-8-11(18-23-14)9-22-16(20)13-5-6-15(19)17-13/h2-4,7-8,13H,5-6,9H2,1H3,(H,17,19). The number of rotatable bonds is 5. The number of nitrogens with one attached hydrogen (secondary N) is 1. The van der Waals surface area contributed by atoms with E-state index in [2.05, 4.69) is 10.5 Å². The number of benzene rings is 1. The summed E-state index contributed by atoms with van der Waals surface area (Å²) in [5.41, 5.74) is 1.32. The first-order valence-electron chi connectivity index (χ1n) is 7.22. The average Bonchev–Trinajstić information content (AvgIpc) is 3.22. The Morgan fingerprint density at radius 2 is 2.30 bits per heavy atom. The molecular formula is C16H16N2O5. The van der Waals surface area contributed by atoms with Crippen molar-refractivity contribution in [2.45, 2.75) is 25.5 Å². The van der Waals surface area contributed by atoms with Gasteiger partial charge >= 0.3 is 5.97 Å². The molecule has 0 saturated carbocycles. The van der Waals surface area contributed by atoms with Crippen LogP contribution in [0, 0.1) is 0 Å². The summed E-state index contributed by atoms with van der Waals surface area (Å²) in [6.07, 6.45) is 0.815. The fourth-order valence-electron chi connectivity index (χ4n) is 2.33. The summed E-state index contributed by atoms with van der Waals surface area (Å²) in [5.74, 6) is 0.684. The normalized spacial score (nSPS) is 16.9. The van der Waals surface area contributed by atoms with Gasteiger partial charge in [0.25, 0.3) is 0 Å². The van der Waals surface area contributed by atoms with Gasteiger partial charge in [-0.25, -0.2) is 4.79 Å². The van der Waals surface area contributed by atoms with Gasteiger partial charge in [0.15, 0.2) is 5.76 Å². The third-order valence-electron chi connectivity index (χ3n) is 3.56. The third kappa shape index (κ3) is 3.50. The van der Waals surface area contributed by atoms with Crippen LogP contribution in [0.25, 0.3) is 11.3 Å². The van der Waals surface area contributed by atoms with E-state index < -0.39 is 12.0 Å². The van der Waals surface area contributed by atoms with Crippen LogP contribution in [0.15, 0.2) is 34.9 Å². The Balaban J connectivity index is 1.61. The molecule has 1 aliphatic heterocycles. The molecule has 1 aromatic heterocycles. The molecule has 1 amide bonds. The third-order valence-corrected chi connectivity index (χ3v) is 3.56. The van der Waals surface area contributed by atoms with E-state index in [0.717, 1.165) is 5.56 Å². The zero-order valence-electron chi connectivity index (χ0n) is 12.6. The minimum atomic E-state index is -0.563. The van der Waals surface area contributed by atoms with E-state index in [1.807, 2.05) is 24.3 Å². The molecule has 1 fully saturated rings. The SMILES string of the molecule is COc1cccc(-c2cc(COC(=O)C3CCC(=O)N3)no2)c1. The van der Waals surface area contributed by atoms with Gasteiger partial charge in [-0.3, -0.25) is 4.79 Å². The zero-order chi connectivity index (χ0) is 16.2. The van der Waals surface area contributed by atoms with Crippen molar-refractivity contribution in [1.29, 1.82) is 0 Å². The van der Waals surface area contributed by atoms with E-state index in [0.29, 0.717) is 30.0 Å². The number of amides is 1. The lowest BCUT2D eigenvalue weighted by Crippen LogP contribution is -2.34. The number of hydrogen-bond donors (Lipinski definition) is 1. The van der Waals surface area contributed by atoms with Crippen molar-refractivity contribution in [2.75, 3.05) is 7.11 Å². The number of ether oxygens (including phenoxy) is 2. The molecule has 2 aromatic rings. The molecule has 23 heavy (non-hydrogen) atoms. The number of aromatic nitrogens is 1. The Labute approximate surface area is 132 Å². The molecule has 1 atom stereocenters. The van der Waals surface area contributed by atoms with Crippen molar-refractivity contribution in [1.82, 2.24) is 10.5 Å². The zero-order valence-corrected chi connectivity index (χ0v) is 12.6. The number of hydrogen-bond acceptors (Lipinski definition) is 6. The number of carbonyl (C=O) groups is 2. The van der Waals surface area contributed by atoms with Crippen LogP contribution in [0.5, 0.6) is 5.75 Å². The van der Waals surface area contributed by atoms with Gasteiger partial charge in [-0.1, -0.05) is 17.3 Å². The smallest absolute Gasteiger partial charge is 0.329 e. The van der Waals surface area contributed by atoms with Crippen LogP contribution in [0.3, 0.4) is 0 Å². The average molecular weight is 316 g/mol. The first-order valence-corrected chi connectivity index (χ1v) is 7.22. The van der Waals surface area contributed by atoms with Gasteiger partial charge in [0, 0.05) is 18.1 Å². The Morgan fingerprint density at radius 3 is 3.04 bits per heavy atom. The molecule has 0 aliphatic carbocycles. The van der Waals surface area contributed by atoms with Gasteiger partial charge < -0.3 is 19.3 Å².